The lowest BCUT2D eigenvalue weighted by atomic mass is 9.84. The van der Waals surface area contributed by atoms with E-state index in [-0.39, 0.29) is 6.61 Å². The number of hydrogen-bond acceptors (Lipinski definition) is 3. The molecule has 3 heteroatoms. The third kappa shape index (κ3) is 4.09. The quantitative estimate of drug-likeness (QED) is 0.624. The molecule has 90 valence electrons. The zero-order valence-electron chi connectivity index (χ0n) is 9.91. The van der Waals surface area contributed by atoms with Gasteiger partial charge in [-0.1, -0.05) is 19.8 Å². The van der Waals surface area contributed by atoms with Crippen LogP contribution in [0.5, 0.6) is 0 Å². The SMILES string of the molecule is CCC(CCO)NC1CCCCC1CN. The maximum atomic E-state index is 8.96. The van der Waals surface area contributed by atoms with Crippen LogP contribution >= 0.6 is 0 Å². The molecular weight excluding hydrogens is 188 g/mol. The van der Waals surface area contributed by atoms with Gasteiger partial charge in [-0.15, -0.1) is 0 Å². The number of aliphatic hydroxyl groups excluding tert-OH is 1. The van der Waals surface area contributed by atoms with Gasteiger partial charge in [-0.05, 0) is 38.1 Å². The van der Waals surface area contributed by atoms with Crippen molar-refractivity contribution in [1.29, 1.82) is 0 Å². The van der Waals surface area contributed by atoms with Gasteiger partial charge in [0.1, 0.15) is 0 Å². The normalized spacial score (nSPS) is 29.0. The maximum Gasteiger partial charge on any atom is 0.0445 e. The molecule has 0 aromatic heterocycles. The molecule has 0 amide bonds. The molecule has 0 aromatic carbocycles. The zero-order valence-corrected chi connectivity index (χ0v) is 9.91. The molecule has 0 aliphatic heterocycles. The highest BCUT2D eigenvalue weighted by Gasteiger charge is 2.25. The van der Waals surface area contributed by atoms with Crippen molar-refractivity contribution in [2.45, 2.75) is 57.5 Å². The Labute approximate surface area is 93.4 Å². The van der Waals surface area contributed by atoms with Crippen molar-refractivity contribution in [2.75, 3.05) is 13.2 Å². The lowest BCUT2D eigenvalue weighted by molar-refractivity contribution is 0.214. The third-order valence-corrected chi connectivity index (χ3v) is 3.63. The molecule has 1 aliphatic rings. The minimum Gasteiger partial charge on any atom is -0.396 e. The summed E-state index contributed by atoms with van der Waals surface area (Å²) in [6, 6.07) is 1.05. The molecule has 0 spiro atoms. The van der Waals surface area contributed by atoms with Crippen LogP contribution in [-0.4, -0.2) is 30.3 Å². The predicted molar refractivity (Wildman–Crippen MR) is 63.7 cm³/mol. The Balaban J connectivity index is 2.38. The van der Waals surface area contributed by atoms with E-state index in [1.807, 2.05) is 0 Å². The predicted octanol–water partition coefficient (Wildman–Crippen LogP) is 1.25. The van der Waals surface area contributed by atoms with Gasteiger partial charge >= 0.3 is 0 Å². The van der Waals surface area contributed by atoms with Crippen molar-refractivity contribution < 1.29 is 5.11 Å². The highest BCUT2D eigenvalue weighted by atomic mass is 16.3. The Morgan fingerprint density at radius 3 is 2.73 bits per heavy atom. The number of rotatable bonds is 6. The first-order valence-electron chi connectivity index (χ1n) is 6.38. The van der Waals surface area contributed by atoms with Gasteiger partial charge in [0.05, 0.1) is 0 Å². The van der Waals surface area contributed by atoms with Crippen LogP contribution in [0.15, 0.2) is 0 Å². The van der Waals surface area contributed by atoms with E-state index < -0.39 is 0 Å². The number of nitrogens with one attached hydrogen (secondary N) is 1. The smallest absolute Gasteiger partial charge is 0.0445 e. The average Bonchev–Trinajstić information content (AvgIpc) is 2.29. The Bertz CT molecular complexity index is 164. The molecule has 1 fully saturated rings. The Kier molecular flexibility index (Phi) is 6.22. The highest BCUT2D eigenvalue weighted by molar-refractivity contribution is 4.84. The van der Waals surface area contributed by atoms with E-state index in [2.05, 4.69) is 12.2 Å². The summed E-state index contributed by atoms with van der Waals surface area (Å²) in [5.74, 6) is 0.645. The van der Waals surface area contributed by atoms with Gasteiger partial charge in [-0.25, -0.2) is 0 Å². The summed E-state index contributed by atoms with van der Waals surface area (Å²) in [6.07, 6.45) is 7.13. The third-order valence-electron chi connectivity index (χ3n) is 3.63. The molecule has 4 N–H and O–H groups in total. The van der Waals surface area contributed by atoms with Gasteiger partial charge < -0.3 is 16.2 Å². The molecule has 0 heterocycles. The van der Waals surface area contributed by atoms with Crippen LogP contribution in [0, 0.1) is 5.92 Å². The van der Waals surface area contributed by atoms with Crippen LogP contribution in [0.2, 0.25) is 0 Å². The molecular formula is C12H26N2O. The maximum absolute atomic E-state index is 8.96. The van der Waals surface area contributed by atoms with Gasteiger partial charge in [0.2, 0.25) is 0 Å². The van der Waals surface area contributed by atoms with Crippen molar-refractivity contribution in [3.63, 3.8) is 0 Å². The molecule has 1 rings (SSSR count). The minimum absolute atomic E-state index is 0.283. The first-order valence-corrected chi connectivity index (χ1v) is 6.38. The number of hydrogen-bond donors (Lipinski definition) is 3. The average molecular weight is 214 g/mol. The van der Waals surface area contributed by atoms with E-state index in [0.29, 0.717) is 18.0 Å². The molecule has 15 heavy (non-hydrogen) atoms. The van der Waals surface area contributed by atoms with Gasteiger partial charge in [0.15, 0.2) is 0 Å². The Hall–Kier alpha value is -0.120. The summed E-state index contributed by atoms with van der Waals surface area (Å²) in [7, 11) is 0. The molecule has 0 bridgehead atoms. The van der Waals surface area contributed by atoms with E-state index in [1.54, 1.807) is 0 Å². The van der Waals surface area contributed by atoms with Gasteiger partial charge in [0, 0.05) is 18.7 Å². The number of nitrogens with two attached hydrogens (primary N) is 1. The van der Waals surface area contributed by atoms with Crippen LogP contribution < -0.4 is 11.1 Å². The second-order valence-electron chi connectivity index (χ2n) is 4.67. The summed E-state index contributed by atoms with van der Waals surface area (Å²) in [4.78, 5) is 0. The molecule has 0 saturated heterocycles. The van der Waals surface area contributed by atoms with Crippen LogP contribution in [0.25, 0.3) is 0 Å². The summed E-state index contributed by atoms with van der Waals surface area (Å²) in [5, 5.41) is 12.6. The van der Waals surface area contributed by atoms with E-state index >= 15 is 0 Å². The molecule has 1 saturated carbocycles. The fourth-order valence-corrected chi connectivity index (χ4v) is 2.57. The molecule has 3 nitrogen and oxygen atoms in total. The van der Waals surface area contributed by atoms with E-state index in [4.69, 9.17) is 10.8 Å². The summed E-state index contributed by atoms with van der Waals surface area (Å²) in [6.45, 7) is 3.26. The van der Waals surface area contributed by atoms with Crippen LogP contribution in [-0.2, 0) is 0 Å². The lowest BCUT2D eigenvalue weighted by Gasteiger charge is -2.34. The molecule has 3 unspecified atom stereocenters. The first kappa shape index (κ1) is 12.9. The van der Waals surface area contributed by atoms with E-state index in [0.717, 1.165) is 19.4 Å². The van der Waals surface area contributed by atoms with Crippen molar-refractivity contribution >= 4 is 0 Å². The van der Waals surface area contributed by atoms with E-state index in [1.165, 1.54) is 25.7 Å². The monoisotopic (exact) mass is 214 g/mol. The standard InChI is InChI=1S/C12H26N2O/c1-2-11(7-8-15)14-12-6-4-3-5-10(12)9-13/h10-12,14-15H,2-9,13H2,1H3. The van der Waals surface area contributed by atoms with Crippen molar-refractivity contribution in [1.82, 2.24) is 5.32 Å². The summed E-state index contributed by atoms with van der Waals surface area (Å²) < 4.78 is 0. The van der Waals surface area contributed by atoms with Crippen molar-refractivity contribution in [3.05, 3.63) is 0 Å². The minimum atomic E-state index is 0.283. The number of aliphatic hydroxyl groups is 1. The van der Waals surface area contributed by atoms with Crippen LogP contribution in [0.3, 0.4) is 0 Å². The lowest BCUT2D eigenvalue weighted by Crippen LogP contribution is -2.46. The highest BCUT2D eigenvalue weighted by Crippen LogP contribution is 2.24. The molecule has 0 aromatic rings. The van der Waals surface area contributed by atoms with Gasteiger partial charge in [-0.3, -0.25) is 0 Å². The van der Waals surface area contributed by atoms with Crippen LogP contribution in [0.1, 0.15) is 45.4 Å². The summed E-state index contributed by atoms with van der Waals surface area (Å²) in [5.41, 5.74) is 5.80. The first-order chi connectivity index (χ1) is 7.31. The molecule has 1 aliphatic carbocycles. The summed E-state index contributed by atoms with van der Waals surface area (Å²) >= 11 is 0. The zero-order chi connectivity index (χ0) is 11.1. The molecule has 0 radical (unpaired) electrons. The Morgan fingerprint density at radius 1 is 1.40 bits per heavy atom. The van der Waals surface area contributed by atoms with Crippen molar-refractivity contribution in [2.24, 2.45) is 11.7 Å². The second kappa shape index (κ2) is 7.20. The van der Waals surface area contributed by atoms with E-state index in [9.17, 15) is 0 Å². The molecule has 3 atom stereocenters. The van der Waals surface area contributed by atoms with Crippen LogP contribution in [0.4, 0.5) is 0 Å². The van der Waals surface area contributed by atoms with Gasteiger partial charge in [0.25, 0.3) is 0 Å². The fourth-order valence-electron chi connectivity index (χ4n) is 2.57. The van der Waals surface area contributed by atoms with Gasteiger partial charge in [-0.2, -0.15) is 0 Å². The Morgan fingerprint density at radius 2 is 2.13 bits per heavy atom. The van der Waals surface area contributed by atoms with Crippen molar-refractivity contribution in [3.8, 4) is 0 Å². The largest absolute Gasteiger partial charge is 0.396 e. The topological polar surface area (TPSA) is 58.3 Å². The fraction of sp³-hybridized carbons (Fsp3) is 1.00. The second-order valence-corrected chi connectivity index (χ2v) is 4.67.